The Morgan fingerprint density at radius 1 is 0.900 bits per heavy atom. The highest BCUT2D eigenvalue weighted by molar-refractivity contribution is 7.92. The molecule has 0 aliphatic heterocycles. The molecular formula is C22H19ClN2O4S. The molecule has 8 heteroatoms. The first-order valence-corrected chi connectivity index (χ1v) is 10.8. The number of rotatable bonds is 6. The van der Waals surface area contributed by atoms with E-state index in [-0.39, 0.29) is 16.2 Å². The van der Waals surface area contributed by atoms with Crippen LogP contribution in [0.3, 0.4) is 0 Å². The lowest BCUT2D eigenvalue weighted by Gasteiger charge is -2.20. The van der Waals surface area contributed by atoms with E-state index in [1.54, 1.807) is 48.5 Å². The molecule has 1 amide bonds. The van der Waals surface area contributed by atoms with Gasteiger partial charge in [-0.15, -0.1) is 0 Å². The van der Waals surface area contributed by atoms with Crippen molar-refractivity contribution in [2.45, 2.75) is 11.8 Å². The summed E-state index contributed by atoms with van der Waals surface area (Å²) < 4.78 is 27.1. The van der Waals surface area contributed by atoms with Crippen LogP contribution in [0.15, 0.2) is 77.7 Å². The zero-order valence-electron chi connectivity index (χ0n) is 16.3. The van der Waals surface area contributed by atoms with Crippen molar-refractivity contribution in [3.8, 4) is 0 Å². The third-order valence-corrected chi connectivity index (χ3v) is 6.49. The second kappa shape index (κ2) is 8.69. The van der Waals surface area contributed by atoms with Crippen molar-refractivity contribution in [3.05, 3.63) is 88.9 Å². The van der Waals surface area contributed by atoms with Crippen LogP contribution in [0.2, 0.25) is 5.02 Å². The highest BCUT2D eigenvalue weighted by Crippen LogP contribution is 2.25. The maximum absolute atomic E-state index is 13.0. The highest BCUT2D eigenvalue weighted by Gasteiger charge is 2.22. The smallest absolute Gasteiger partial charge is 0.264 e. The molecular weight excluding hydrogens is 424 g/mol. The third-order valence-electron chi connectivity index (χ3n) is 4.48. The molecule has 3 aromatic carbocycles. The fraction of sp³-hybridized carbons (Fsp3) is 0.0909. The fourth-order valence-electron chi connectivity index (χ4n) is 2.76. The van der Waals surface area contributed by atoms with Crippen molar-refractivity contribution < 1.29 is 18.0 Å². The van der Waals surface area contributed by atoms with E-state index in [2.05, 4.69) is 5.32 Å². The first-order valence-electron chi connectivity index (χ1n) is 8.95. The number of Topliss-reactive ketones (excluding diaryl/α,β-unsaturated/α-hetero) is 1. The number of carbonyl (C=O) groups excluding carboxylic acids is 2. The van der Waals surface area contributed by atoms with Gasteiger partial charge in [0, 0.05) is 28.9 Å². The molecule has 0 unspecified atom stereocenters. The predicted octanol–water partition coefficient (Wildman–Crippen LogP) is 4.62. The largest absolute Gasteiger partial charge is 0.322 e. The zero-order chi connectivity index (χ0) is 21.9. The molecule has 3 rings (SSSR count). The second-order valence-electron chi connectivity index (χ2n) is 6.57. The van der Waals surface area contributed by atoms with Gasteiger partial charge in [-0.1, -0.05) is 23.7 Å². The minimum atomic E-state index is -3.90. The molecule has 0 heterocycles. The Balaban J connectivity index is 1.84. The van der Waals surface area contributed by atoms with Gasteiger partial charge in [0.2, 0.25) is 0 Å². The van der Waals surface area contributed by atoms with Crippen LogP contribution in [-0.4, -0.2) is 27.2 Å². The van der Waals surface area contributed by atoms with Gasteiger partial charge in [-0.05, 0) is 67.6 Å². The van der Waals surface area contributed by atoms with Gasteiger partial charge in [-0.2, -0.15) is 0 Å². The summed E-state index contributed by atoms with van der Waals surface area (Å²) in [6, 6.07) is 18.7. The summed E-state index contributed by atoms with van der Waals surface area (Å²) in [5, 5.41) is 3.11. The summed E-state index contributed by atoms with van der Waals surface area (Å²) >= 11 is 5.96. The van der Waals surface area contributed by atoms with E-state index in [9.17, 15) is 18.0 Å². The molecule has 154 valence electrons. The van der Waals surface area contributed by atoms with Gasteiger partial charge in [0.15, 0.2) is 5.78 Å². The quantitative estimate of drug-likeness (QED) is 0.564. The number of benzene rings is 3. The summed E-state index contributed by atoms with van der Waals surface area (Å²) in [5.41, 5.74) is 1.62. The summed E-state index contributed by atoms with van der Waals surface area (Å²) in [5.74, 6) is -0.539. The van der Waals surface area contributed by atoms with E-state index < -0.39 is 15.9 Å². The van der Waals surface area contributed by atoms with Crippen molar-refractivity contribution >= 4 is 44.7 Å². The Morgan fingerprint density at radius 3 is 2.20 bits per heavy atom. The molecule has 30 heavy (non-hydrogen) atoms. The first kappa shape index (κ1) is 21.5. The van der Waals surface area contributed by atoms with E-state index >= 15 is 0 Å². The molecule has 0 spiro atoms. The van der Waals surface area contributed by atoms with Gasteiger partial charge in [-0.25, -0.2) is 8.42 Å². The van der Waals surface area contributed by atoms with Crippen LogP contribution in [0.1, 0.15) is 27.6 Å². The van der Waals surface area contributed by atoms with E-state index in [1.807, 2.05) is 0 Å². The molecule has 0 bridgehead atoms. The Labute approximate surface area is 180 Å². The summed E-state index contributed by atoms with van der Waals surface area (Å²) in [7, 11) is -2.47. The molecule has 0 saturated carbocycles. The maximum Gasteiger partial charge on any atom is 0.264 e. The number of hydrogen-bond acceptors (Lipinski definition) is 4. The molecule has 0 fully saturated rings. The van der Waals surface area contributed by atoms with Gasteiger partial charge >= 0.3 is 0 Å². The number of sulfonamides is 1. The van der Waals surface area contributed by atoms with E-state index in [0.29, 0.717) is 22.0 Å². The van der Waals surface area contributed by atoms with Gasteiger partial charge in [-0.3, -0.25) is 13.9 Å². The second-order valence-corrected chi connectivity index (χ2v) is 8.97. The van der Waals surface area contributed by atoms with Crippen LogP contribution in [0, 0.1) is 0 Å². The lowest BCUT2D eigenvalue weighted by Crippen LogP contribution is -2.26. The van der Waals surface area contributed by atoms with E-state index in [4.69, 9.17) is 11.6 Å². The van der Waals surface area contributed by atoms with Crippen molar-refractivity contribution in [2.75, 3.05) is 16.7 Å². The number of amides is 1. The van der Waals surface area contributed by atoms with Gasteiger partial charge < -0.3 is 5.32 Å². The van der Waals surface area contributed by atoms with Crippen LogP contribution in [0.25, 0.3) is 0 Å². The standard InChI is InChI=1S/C22H19ClN2O4S/c1-15(26)16-9-11-19(12-10-16)24-22(27)17-5-3-8-21(13-17)30(28,29)25(2)20-7-4-6-18(23)14-20/h3-14H,1-2H3,(H,24,27). The molecule has 1 N–H and O–H groups in total. The Kier molecular flexibility index (Phi) is 6.24. The normalized spacial score (nSPS) is 11.0. The Hall–Kier alpha value is -3.16. The Morgan fingerprint density at radius 2 is 1.57 bits per heavy atom. The van der Waals surface area contributed by atoms with E-state index in [0.717, 1.165) is 4.31 Å². The van der Waals surface area contributed by atoms with Crippen molar-refractivity contribution in [3.63, 3.8) is 0 Å². The first-order chi connectivity index (χ1) is 14.2. The molecule has 0 atom stereocenters. The minimum Gasteiger partial charge on any atom is -0.322 e. The minimum absolute atomic E-state index is 0.0236. The number of nitrogens with zero attached hydrogens (tertiary/aromatic N) is 1. The van der Waals surface area contributed by atoms with Crippen molar-refractivity contribution in [1.82, 2.24) is 0 Å². The maximum atomic E-state index is 13.0. The lowest BCUT2D eigenvalue weighted by atomic mass is 10.1. The van der Waals surface area contributed by atoms with Gasteiger partial charge in [0.25, 0.3) is 15.9 Å². The molecule has 0 aliphatic carbocycles. The van der Waals surface area contributed by atoms with Crippen LogP contribution in [-0.2, 0) is 10.0 Å². The SMILES string of the molecule is CC(=O)c1ccc(NC(=O)c2cccc(S(=O)(=O)N(C)c3cccc(Cl)c3)c2)cc1. The van der Waals surface area contributed by atoms with Crippen LogP contribution in [0.4, 0.5) is 11.4 Å². The fourth-order valence-corrected chi connectivity index (χ4v) is 4.18. The highest BCUT2D eigenvalue weighted by atomic mass is 35.5. The average molecular weight is 443 g/mol. The zero-order valence-corrected chi connectivity index (χ0v) is 17.9. The van der Waals surface area contributed by atoms with Crippen LogP contribution in [0.5, 0.6) is 0 Å². The van der Waals surface area contributed by atoms with Crippen LogP contribution < -0.4 is 9.62 Å². The molecule has 0 radical (unpaired) electrons. The molecule has 0 aliphatic rings. The number of carbonyl (C=O) groups is 2. The monoisotopic (exact) mass is 442 g/mol. The Bertz CT molecular complexity index is 1210. The summed E-state index contributed by atoms with van der Waals surface area (Å²) in [6.07, 6.45) is 0. The lowest BCUT2D eigenvalue weighted by molar-refractivity contribution is 0.101. The average Bonchev–Trinajstić information content (AvgIpc) is 2.73. The van der Waals surface area contributed by atoms with Crippen LogP contribution >= 0.6 is 11.6 Å². The molecule has 0 aromatic heterocycles. The summed E-state index contributed by atoms with van der Waals surface area (Å²) in [4.78, 5) is 23.9. The van der Waals surface area contributed by atoms with E-state index in [1.165, 1.54) is 38.2 Å². The number of hydrogen-bond donors (Lipinski definition) is 1. The van der Waals surface area contributed by atoms with Crippen molar-refractivity contribution in [1.29, 1.82) is 0 Å². The number of nitrogens with one attached hydrogen (secondary N) is 1. The third kappa shape index (κ3) is 4.69. The van der Waals surface area contributed by atoms with Crippen molar-refractivity contribution in [2.24, 2.45) is 0 Å². The number of anilines is 2. The molecule has 3 aromatic rings. The van der Waals surface area contributed by atoms with Gasteiger partial charge in [0.1, 0.15) is 0 Å². The predicted molar refractivity (Wildman–Crippen MR) is 118 cm³/mol. The molecule has 6 nitrogen and oxygen atoms in total. The summed E-state index contributed by atoms with van der Waals surface area (Å²) in [6.45, 7) is 1.46. The topological polar surface area (TPSA) is 83.5 Å². The number of halogens is 1. The van der Waals surface area contributed by atoms with Gasteiger partial charge in [0.05, 0.1) is 10.6 Å². The molecule has 0 saturated heterocycles. The number of ketones is 1.